The number of nitrogens with two attached hydrogens (primary N) is 1. The molecule has 0 aliphatic carbocycles. The van der Waals surface area contributed by atoms with Crippen LogP contribution in [-0.2, 0) is 4.79 Å². The third kappa shape index (κ3) is 3.10. The number of carbonyl (C=O) groups is 1. The van der Waals surface area contributed by atoms with Crippen LogP contribution >= 0.6 is 11.8 Å². The van der Waals surface area contributed by atoms with Crippen LogP contribution in [0.25, 0.3) is 0 Å². The second-order valence-electron chi connectivity index (χ2n) is 4.35. The highest BCUT2D eigenvalue weighted by atomic mass is 32.2. The molecule has 1 saturated heterocycles. The van der Waals surface area contributed by atoms with Gasteiger partial charge >= 0.3 is 0 Å². The molecule has 1 unspecified atom stereocenters. The largest absolute Gasteiger partial charge is 0.482 e. The van der Waals surface area contributed by atoms with Crippen molar-refractivity contribution in [3.8, 4) is 5.75 Å². The zero-order valence-electron chi connectivity index (χ0n) is 10.5. The van der Waals surface area contributed by atoms with Crippen LogP contribution in [0.3, 0.4) is 0 Å². The Hall–Kier alpha value is -1.36. The number of ether oxygens (including phenoxy) is 1. The van der Waals surface area contributed by atoms with Gasteiger partial charge in [-0.3, -0.25) is 4.79 Å². The van der Waals surface area contributed by atoms with E-state index in [1.165, 1.54) is 0 Å². The first-order chi connectivity index (χ1) is 8.68. The van der Waals surface area contributed by atoms with Gasteiger partial charge in [0, 0.05) is 18.8 Å². The van der Waals surface area contributed by atoms with Gasteiger partial charge in [0.15, 0.2) is 6.61 Å². The van der Waals surface area contributed by atoms with Crippen LogP contribution in [0.4, 0.5) is 5.69 Å². The van der Waals surface area contributed by atoms with Gasteiger partial charge in [-0.2, -0.15) is 11.8 Å². The van der Waals surface area contributed by atoms with Crippen LogP contribution in [0.2, 0.25) is 0 Å². The summed E-state index contributed by atoms with van der Waals surface area (Å²) in [6.45, 7) is 0.0475. The molecule has 1 heterocycles. The molecule has 2 rings (SSSR count). The number of likely N-dealkylation sites (N-methyl/N-ethyl adjacent to an activating group) is 1. The molecular weight excluding hydrogens is 248 g/mol. The summed E-state index contributed by atoms with van der Waals surface area (Å²) in [5.74, 6) is 2.73. The van der Waals surface area contributed by atoms with Crippen molar-refractivity contribution in [1.82, 2.24) is 4.90 Å². The van der Waals surface area contributed by atoms with E-state index < -0.39 is 0 Å². The van der Waals surface area contributed by atoms with Crippen molar-refractivity contribution in [2.45, 2.75) is 12.5 Å². The Labute approximate surface area is 111 Å². The molecule has 1 aromatic carbocycles. The van der Waals surface area contributed by atoms with E-state index in [0.717, 1.165) is 17.9 Å². The zero-order chi connectivity index (χ0) is 13.0. The molecule has 1 amide bonds. The van der Waals surface area contributed by atoms with Crippen molar-refractivity contribution in [2.24, 2.45) is 0 Å². The Morgan fingerprint density at radius 2 is 2.33 bits per heavy atom. The number of hydrogen-bond acceptors (Lipinski definition) is 4. The molecule has 0 bridgehead atoms. The van der Waals surface area contributed by atoms with Crippen LogP contribution in [0.5, 0.6) is 5.75 Å². The number of amides is 1. The lowest BCUT2D eigenvalue weighted by Gasteiger charge is -2.23. The molecule has 0 saturated carbocycles. The maximum atomic E-state index is 12.0. The highest BCUT2D eigenvalue weighted by Crippen LogP contribution is 2.22. The Bertz CT molecular complexity index is 419. The standard InChI is InChI=1S/C13H18N2O2S/c1-15(10-6-7-18-9-10)13(16)8-17-12-5-3-2-4-11(12)14/h2-5,10H,6-9,14H2,1H3. The number of benzene rings is 1. The van der Waals surface area contributed by atoms with Crippen LogP contribution in [0.15, 0.2) is 24.3 Å². The van der Waals surface area contributed by atoms with Crippen molar-refractivity contribution in [3.05, 3.63) is 24.3 Å². The molecule has 18 heavy (non-hydrogen) atoms. The molecule has 0 aromatic heterocycles. The first-order valence-corrected chi connectivity index (χ1v) is 7.14. The maximum absolute atomic E-state index is 12.0. The lowest BCUT2D eigenvalue weighted by molar-refractivity contribution is -0.133. The number of nitrogens with zero attached hydrogens (tertiary/aromatic N) is 1. The van der Waals surface area contributed by atoms with E-state index >= 15 is 0 Å². The first kappa shape index (κ1) is 13.1. The third-order valence-corrected chi connectivity index (χ3v) is 4.26. The summed E-state index contributed by atoms with van der Waals surface area (Å²) in [5, 5.41) is 0. The molecule has 1 atom stereocenters. The summed E-state index contributed by atoms with van der Waals surface area (Å²) in [4.78, 5) is 13.8. The number of hydrogen-bond donors (Lipinski definition) is 1. The molecular formula is C13H18N2O2S. The van der Waals surface area contributed by atoms with Gasteiger partial charge in [-0.25, -0.2) is 0 Å². The van der Waals surface area contributed by atoms with Gasteiger partial charge in [0.2, 0.25) is 0 Å². The van der Waals surface area contributed by atoms with Gasteiger partial charge < -0.3 is 15.4 Å². The minimum Gasteiger partial charge on any atom is -0.482 e. The molecule has 98 valence electrons. The highest BCUT2D eigenvalue weighted by Gasteiger charge is 2.23. The van der Waals surface area contributed by atoms with Crippen LogP contribution in [-0.4, -0.2) is 42.0 Å². The molecule has 1 fully saturated rings. The Morgan fingerprint density at radius 1 is 1.56 bits per heavy atom. The fourth-order valence-corrected chi connectivity index (χ4v) is 3.15. The Balaban J connectivity index is 1.86. The van der Waals surface area contributed by atoms with Crippen molar-refractivity contribution >= 4 is 23.4 Å². The second-order valence-corrected chi connectivity index (χ2v) is 5.50. The van der Waals surface area contributed by atoms with Crippen LogP contribution < -0.4 is 10.5 Å². The predicted octanol–water partition coefficient (Wildman–Crippen LogP) is 1.61. The highest BCUT2D eigenvalue weighted by molar-refractivity contribution is 7.99. The summed E-state index contributed by atoms with van der Waals surface area (Å²) in [7, 11) is 1.84. The lowest BCUT2D eigenvalue weighted by atomic mass is 10.2. The monoisotopic (exact) mass is 266 g/mol. The summed E-state index contributed by atoms with van der Waals surface area (Å²) in [5.41, 5.74) is 6.31. The predicted molar refractivity (Wildman–Crippen MR) is 74.8 cm³/mol. The molecule has 4 nitrogen and oxygen atoms in total. The summed E-state index contributed by atoms with van der Waals surface area (Å²) < 4.78 is 5.46. The van der Waals surface area contributed by atoms with Gasteiger partial charge in [0.05, 0.1) is 5.69 Å². The van der Waals surface area contributed by atoms with Gasteiger partial charge in [-0.15, -0.1) is 0 Å². The number of para-hydroxylation sites is 2. The second kappa shape index (κ2) is 6.00. The summed E-state index contributed by atoms with van der Waals surface area (Å²) in [6, 6.07) is 7.56. The van der Waals surface area contributed by atoms with Crippen LogP contribution in [0.1, 0.15) is 6.42 Å². The summed E-state index contributed by atoms with van der Waals surface area (Å²) >= 11 is 1.89. The molecule has 2 N–H and O–H groups in total. The van der Waals surface area contributed by atoms with E-state index in [0.29, 0.717) is 17.5 Å². The quantitative estimate of drug-likeness (QED) is 0.841. The van der Waals surface area contributed by atoms with Crippen molar-refractivity contribution in [1.29, 1.82) is 0 Å². The normalized spacial score (nSPS) is 18.6. The van der Waals surface area contributed by atoms with Gasteiger partial charge in [-0.05, 0) is 24.3 Å². The molecule has 5 heteroatoms. The van der Waals surface area contributed by atoms with E-state index in [4.69, 9.17) is 10.5 Å². The third-order valence-electron chi connectivity index (χ3n) is 3.12. The van der Waals surface area contributed by atoms with E-state index in [1.807, 2.05) is 30.9 Å². The average molecular weight is 266 g/mol. The van der Waals surface area contributed by atoms with Crippen molar-refractivity contribution in [3.63, 3.8) is 0 Å². The first-order valence-electron chi connectivity index (χ1n) is 5.99. The van der Waals surface area contributed by atoms with E-state index in [9.17, 15) is 4.79 Å². The van der Waals surface area contributed by atoms with Gasteiger partial charge in [0.25, 0.3) is 5.91 Å². The fraction of sp³-hybridized carbons (Fsp3) is 0.462. The number of nitrogen functional groups attached to an aromatic ring is 1. The molecule has 1 aromatic rings. The smallest absolute Gasteiger partial charge is 0.260 e. The summed E-state index contributed by atoms with van der Waals surface area (Å²) in [6.07, 6.45) is 1.07. The molecule has 0 spiro atoms. The van der Waals surface area contributed by atoms with E-state index in [1.54, 1.807) is 17.0 Å². The SMILES string of the molecule is CN(C(=O)COc1ccccc1N)C1CCSC1. The lowest BCUT2D eigenvalue weighted by Crippen LogP contribution is -2.39. The zero-order valence-corrected chi connectivity index (χ0v) is 11.3. The fourth-order valence-electron chi connectivity index (χ4n) is 1.88. The Kier molecular flexibility index (Phi) is 4.36. The number of carbonyl (C=O) groups excluding carboxylic acids is 1. The van der Waals surface area contributed by atoms with Gasteiger partial charge in [0.1, 0.15) is 5.75 Å². The number of anilines is 1. The molecule has 0 radical (unpaired) electrons. The molecule has 1 aliphatic rings. The number of rotatable bonds is 4. The molecule has 1 aliphatic heterocycles. The van der Waals surface area contributed by atoms with Crippen LogP contribution in [0, 0.1) is 0 Å². The van der Waals surface area contributed by atoms with Gasteiger partial charge in [-0.1, -0.05) is 12.1 Å². The average Bonchev–Trinajstić information content (AvgIpc) is 2.90. The minimum atomic E-state index is 0.00533. The van der Waals surface area contributed by atoms with Crippen molar-refractivity contribution in [2.75, 3.05) is 30.9 Å². The topological polar surface area (TPSA) is 55.6 Å². The maximum Gasteiger partial charge on any atom is 0.260 e. The Morgan fingerprint density at radius 3 is 3.00 bits per heavy atom. The minimum absolute atomic E-state index is 0.00533. The van der Waals surface area contributed by atoms with E-state index in [-0.39, 0.29) is 12.5 Å². The van der Waals surface area contributed by atoms with Crippen molar-refractivity contribution < 1.29 is 9.53 Å². The van der Waals surface area contributed by atoms with E-state index in [2.05, 4.69) is 0 Å². The number of thioether (sulfide) groups is 1.